The lowest BCUT2D eigenvalue weighted by Crippen LogP contribution is -1.96. The van der Waals surface area contributed by atoms with Crippen molar-refractivity contribution < 1.29 is 4.79 Å². The standard InChI is InChI=1S/C10H12OS/c1-3-10(11)8-4-7(2)5-9(12)6-8/h4-6,12H,3H2,1-2H3. The fraction of sp³-hybridized carbons (Fsp3) is 0.300. The molecule has 0 atom stereocenters. The molecular weight excluding hydrogens is 168 g/mol. The molecule has 0 N–H and O–H groups in total. The smallest absolute Gasteiger partial charge is 0.162 e. The molecule has 0 amide bonds. The van der Waals surface area contributed by atoms with Crippen LogP contribution in [0.3, 0.4) is 0 Å². The number of aryl methyl sites for hydroxylation is 1. The second-order valence-corrected chi connectivity index (χ2v) is 3.35. The molecule has 64 valence electrons. The van der Waals surface area contributed by atoms with Crippen molar-refractivity contribution in [2.45, 2.75) is 25.2 Å². The molecule has 0 aliphatic heterocycles. The van der Waals surface area contributed by atoms with E-state index in [0.717, 1.165) is 16.0 Å². The summed E-state index contributed by atoms with van der Waals surface area (Å²) in [5.74, 6) is 0.175. The summed E-state index contributed by atoms with van der Waals surface area (Å²) in [6.07, 6.45) is 0.552. The van der Waals surface area contributed by atoms with Gasteiger partial charge in [0.05, 0.1) is 0 Å². The molecule has 0 unspecified atom stereocenters. The third-order valence-corrected chi connectivity index (χ3v) is 1.96. The van der Waals surface area contributed by atoms with E-state index in [4.69, 9.17) is 0 Å². The van der Waals surface area contributed by atoms with Gasteiger partial charge in [0.25, 0.3) is 0 Å². The predicted octanol–water partition coefficient (Wildman–Crippen LogP) is 2.88. The minimum absolute atomic E-state index is 0.175. The molecule has 1 aromatic carbocycles. The highest BCUT2D eigenvalue weighted by Crippen LogP contribution is 2.14. The molecule has 2 heteroatoms. The first-order chi connectivity index (χ1) is 5.63. The molecule has 0 heterocycles. The number of carbonyl (C=O) groups is 1. The third kappa shape index (κ3) is 2.11. The topological polar surface area (TPSA) is 17.1 Å². The Balaban J connectivity index is 3.08. The van der Waals surface area contributed by atoms with E-state index in [2.05, 4.69) is 12.6 Å². The van der Waals surface area contributed by atoms with E-state index in [1.165, 1.54) is 0 Å². The highest BCUT2D eigenvalue weighted by Gasteiger charge is 2.03. The summed E-state index contributed by atoms with van der Waals surface area (Å²) in [4.78, 5) is 12.1. The van der Waals surface area contributed by atoms with Crippen molar-refractivity contribution in [3.05, 3.63) is 29.3 Å². The van der Waals surface area contributed by atoms with Crippen LogP contribution in [0.4, 0.5) is 0 Å². The normalized spacial score (nSPS) is 9.92. The first-order valence-electron chi connectivity index (χ1n) is 3.97. The van der Waals surface area contributed by atoms with Gasteiger partial charge in [-0.15, -0.1) is 12.6 Å². The maximum atomic E-state index is 11.3. The van der Waals surface area contributed by atoms with Crippen molar-refractivity contribution in [2.75, 3.05) is 0 Å². The summed E-state index contributed by atoms with van der Waals surface area (Å²) in [7, 11) is 0. The summed E-state index contributed by atoms with van der Waals surface area (Å²) in [5, 5.41) is 0. The van der Waals surface area contributed by atoms with E-state index in [0.29, 0.717) is 6.42 Å². The molecule has 1 aromatic rings. The molecule has 0 aliphatic rings. The second kappa shape index (κ2) is 3.76. The van der Waals surface area contributed by atoms with E-state index in [1.807, 2.05) is 32.0 Å². The second-order valence-electron chi connectivity index (χ2n) is 2.83. The third-order valence-electron chi connectivity index (χ3n) is 1.71. The monoisotopic (exact) mass is 180 g/mol. The van der Waals surface area contributed by atoms with E-state index in [1.54, 1.807) is 0 Å². The van der Waals surface area contributed by atoms with Crippen LogP contribution >= 0.6 is 12.6 Å². The van der Waals surface area contributed by atoms with Gasteiger partial charge in [-0.2, -0.15) is 0 Å². The fourth-order valence-electron chi connectivity index (χ4n) is 1.13. The average molecular weight is 180 g/mol. The summed E-state index contributed by atoms with van der Waals surface area (Å²) >= 11 is 4.21. The number of hydrogen-bond donors (Lipinski definition) is 1. The molecule has 1 rings (SSSR count). The van der Waals surface area contributed by atoms with Gasteiger partial charge in [0.2, 0.25) is 0 Å². The molecule has 0 saturated heterocycles. The Bertz CT molecular complexity index is 284. The Kier molecular flexibility index (Phi) is 2.93. The van der Waals surface area contributed by atoms with E-state index >= 15 is 0 Å². The number of thiol groups is 1. The molecule has 0 aromatic heterocycles. The van der Waals surface area contributed by atoms with E-state index in [9.17, 15) is 4.79 Å². The number of benzene rings is 1. The Hall–Kier alpha value is -0.760. The van der Waals surface area contributed by atoms with Crippen LogP contribution in [0.1, 0.15) is 29.3 Å². The lowest BCUT2D eigenvalue weighted by atomic mass is 10.1. The Morgan fingerprint density at radius 1 is 1.42 bits per heavy atom. The molecule has 0 radical (unpaired) electrons. The molecule has 0 fully saturated rings. The Morgan fingerprint density at radius 3 is 2.58 bits per heavy atom. The first-order valence-corrected chi connectivity index (χ1v) is 4.42. The van der Waals surface area contributed by atoms with Gasteiger partial charge in [0.15, 0.2) is 5.78 Å². The summed E-state index contributed by atoms with van der Waals surface area (Å²) < 4.78 is 0. The van der Waals surface area contributed by atoms with Gasteiger partial charge in [-0.3, -0.25) is 4.79 Å². The zero-order valence-electron chi connectivity index (χ0n) is 7.29. The minimum Gasteiger partial charge on any atom is -0.294 e. The average Bonchev–Trinajstić information content (AvgIpc) is 2.01. The maximum Gasteiger partial charge on any atom is 0.162 e. The fourth-order valence-corrected chi connectivity index (χ4v) is 1.47. The van der Waals surface area contributed by atoms with Gasteiger partial charge < -0.3 is 0 Å². The molecule has 0 aliphatic carbocycles. The van der Waals surface area contributed by atoms with Crippen molar-refractivity contribution in [1.29, 1.82) is 0 Å². The number of Topliss-reactive ketones (excluding diaryl/α,β-unsaturated/α-hetero) is 1. The van der Waals surface area contributed by atoms with Gasteiger partial charge in [-0.25, -0.2) is 0 Å². The highest BCUT2D eigenvalue weighted by molar-refractivity contribution is 7.80. The van der Waals surface area contributed by atoms with Crippen molar-refractivity contribution in [2.24, 2.45) is 0 Å². The van der Waals surface area contributed by atoms with Gasteiger partial charge in [0, 0.05) is 16.9 Å². The molecule has 0 bridgehead atoms. The SMILES string of the molecule is CCC(=O)c1cc(C)cc(S)c1. The van der Waals surface area contributed by atoms with Crippen LogP contribution in [0.25, 0.3) is 0 Å². The van der Waals surface area contributed by atoms with Crippen LogP contribution < -0.4 is 0 Å². The maximum absolute atomic E-state index is 11.3. The van der Waals surface area contributed by atoms with Crippen molar-refractivity contribution in [1.82, 2.24) is 0 Å². The van der Waals surface area contributed by atoms with Crippen LogP contribution in [-0.2, 0) is 0 Å². The summed E-state index contributed by atoms with van der Waals surface area (Å²) in [6, 6.07) is 5.64. The van der Waals surface area contributed by atoms with Crippen molar-refractivity contribution in [3.8, 4) is 0 Å². The van der Waals surface area contributed by atoms with Gasteiger partial charge in [0.1, 0.15) is 0 Å². The zero-order valence-corrected chi connectivity index (χ0v) is 8.19. The van der Waals surface area contributed by atoms with Crippen molar-refractivity contribution >= 4 is 18.4 Å². The molecule has 0 saturated carbocycles. The van der Waals surface area contributed by atoms with Crippen LogP contribution in [0.2, 0.25) is 0 Å². The highest BCUT2D eigenvalue weighted by atomic mass is 32.1. The van der Waals surface area contributed by atoms with Crippen LogP contribution in [-0.4, -0.2) is 5.78 Å². The number of ketones is 1. The van der Waals surface area contributed by atoms with Crippen LogP contribution in [0.5, 0.6) is 0 Å². The zero-order chi connectivity index (χ0) is 9.14. The summed E-state index contributed by atoms with van der Waals surface area (Å²) in [6.45, 7) is 3.83. The molecule has 0 spiro atoms. The quantitative estimate of drug-likeness (QED) is 0.547. The first kappa shape index (κ1) is 9.33. The van der Waals surface area contributed by atoms with Crippen LogP contribution in [0.15, 0.2) is 23.1 Å². The van der Waals surface area contributed by atoms with E-state index < -0.39 is 0 Å². The largest absolute Gasteiger partial charge is 0.294 e. The lowest BCUT2D eigenvalue weighted by molar-refractivity contribution is 0.0988. The Labute approximate surface area is 78.2 Å². The number of hydrogen-bond acceptors (Lipinski definition) is 2. The lowest BCUT2D eigenvalue weighted by Gasteiger charge is -2.01. The predicted molar refractivity (Wildman–Crippen MR) is 53.1 cm³/mol. The van der Waals surface area contributed by atoms with Crippen molar-refractivity contribution in [3.63, 3.8) is 0 Å². The number of carbonyl (C=O) groups excluding carboxylic acids is 1. The van der Waals surface area contributed by atoms with Gasteiger partial charge >= 0.3 is 0 Å². The molecule has 1 nitrogen and oxygen atoms in total. The molecule has 12 heavy (non-hydrogen) atoms. The molecular formula is C10H12OS. The Morgan fingerprint density at radius 2 is 2.08 bits per heavy atom. The minimum atomic E-state index is 0.175. The summed E-state index contributed by atoms with van der Waals surface area (Å²) in [5.41, 5.74) is 1.85. The van der Waals surface area contributed by atoms with E-state index in [-0.39, 0.29) is 5.78 Å². The van der Waals surface area contributed by atoms with Gasteiger partial charge in [-0.05, 0) is 30.7 Å². The number of rotatable bonds is 2. The van der Waals surface area contributed by atoms with Gasteiger partial charge in [-0.1, -0.05) is 6.92 Å². The van der Waals surface area contributed by atoms with Crippen LogP contribution in [0, 0.1) is 6.92 Å².